The molecule has 355 valence electrons. The minimum atomic E-state index is -1.36. The second kappa shape index (κ2) is 21.0. The molecule has 0 unspecified atom stereocenters. The Bertz CT molecular complexity index is 3350. The molecule has 1 fully saturated rings. The number of furan rings is 1. The molecule has 1 radical (unpaired) electrons. The maximum atomic E-state index is 6.31. The SMILES string of the molecule is CC(C)c1cc(-c2ccccc2)cc(C(C)C)c1-n1c(-c2[c-]cc3oc4ccc(-c5ccccc5)cc4c3c2)nc2ccccc21.C[Si](C)(C)c1cnc(-c2[c-]cccc2)cc1CC1CCCCC1.[Ir]. The van der Waals surface area contributed by atoms with Crippen molar-refractivity contribution in [3.05, 3.63) is 193 Å². The van der Waals surface area contributed by atoms with Crippen LogP contribution in [0.3, 0.4) is 0 Å². The topological polar surface area (TPSA) is 43.9 Å². The summed E-state index contributed by atoms with van der Waals surface area (Å²) in [6.07, 6.45) is 10.5. The van der Waals surface area contributed by atoms with Gasteiger partial charge in [-0.1, -0.05) is 175 Å². The van der Waals surface area contributed by atoms with Gasteiger partial charge in [-0.2, -0.15) is 0 Å². The van der Waals surface area contributed by atoms with E-state index in [0.29, 0.717) is 11.8 Å². The van der Waals surface area contributed by atoms with Crippen LogP contribution in [0.15, 0.2) is 168 Å². The van der Waals surface area contributed by atoms with E-state index in [2.05, 4.69) is 204 Å². The zero-order chi connectivity index (χ0) is 47.6. The van der Waals surface area contributed by atoms with E-state index in [4.69, 9.17) is 14.4 Å². The molecule has 1 saturated carbocycles. The Morgan fingerprint density at radius 3 is 1.93 bits per heavy atom. The number of rotatable bonds is 10. The number of para-hydroxylation sites is 2. The molecule has 1 aliphatic carbocycles. The second-order valence-electron chi connectivity index (χ2n) is 20.7. The van der Waals surface area contributed by atoms with Gasteiger partial charge < -0.3 is 14.0 Å². The van der Waals surface area contributed by atoms with E-state index >= 15 is 0 Å². The quantitative estimate of drug-likeness (QED) is 0.101. The minimum Gasteiger partial charge on any atom is -0.500 e. The summed E-state index contributed by atoms with van der Waals surface area (Å²) in [5.74, 6) is 2.35. The minimum absolute atomic E-state index is 0. The third kappa shape index (κ3) is 10.2. The average Bonchev–Trinajstić information content (AvgIpc) is 3.95. The molecule has 0 saturated heterocycles. The smallest absolute Gasteiger partial charge is 0.121 e. The van der Waals surface area contributed by atoms with Gasteiger partial charge in [0.05, 0.1) is 30.5 Å². The molecule has 0 N–H and O–H groups in total. The van der Waals surface area contributed by atoms with E-state index in [9.17, 15) is 0 Å². The fourth-order valence-electron chi connectivity index (χ4n) is 10.5. The van der Waals surface area contributed by atoms with Crippen LogP contribution in [0.2, 0.25) is 19.6 Å². The first-order chi connectivity index (χ1) is 33.5. The number of hydrogen-bond donors (Lipinski definition) is 0. The van der Waals surface area contributed by atoms with Gasteiger partial charge in [0.25, 0.3) is 0 Å². The summed E-state index contributed by atoms with van der Waals surface area (Å²) < 4.78 is 8.68. The van der Waals surface area contributed by atoms with E-state index in [-0.39, 0.29) is 20.1 Å². The molecule has 1 aliphatic rings. The average molecular weight is 1110 g/mol. The van der Waals surface area contributed by atoms with Gasteiger partial charge in [0, 0.05) is 37.4 Å². The fourth-order valence-corrected chi connectivity index (χ4v) is 12.0. The van der Waals surface area contributed by atoms with Crippen molar-refractivity contribution in [3.63, 3.8) is 0 Å². The van der Waals surface area contributed by atoms with Crippen LogP contribution in [-0.2, 0) is 26.5 Å². The van der Waals surface area contributed by atoms with Crippen molar-refractivity contribution in [1.82, 2.24) is 14.5 Å². The Balaban J connectivity index is 0.000000214. The summed E-state index contributed by atoms with van der Waals surface area (Å²) in [5, 5.41) is 3.70. The zero-order valence-electron chi connectivity index (χ0n) is 41.6. The molecule has 10 aromatic rings. The van der Waals surface area contributed by atoms with E-state index in [1.54, 1.807) is 10.8 Å². The van der Waals surface area contributed by atoms with Crippen molar-refractivity contribution in [3.8, 4) is 50.6 Å². The van der Waals surface area contributed by atoms with E-state index in [0.717, 1.165) is 61.5 Å². The summed E-state index contributed by atoms with van der Waals surface area (Å²) in [6, 6.07) is 62.4. The van der Waals surface area contributed by atoms with Crippen LogP contribution in [0.1, 0.15) is 88.3 Å². The normalized spacial score (nSPS) is 13.2. The van der Waals surface area contributed by atoms with Crippen LogP contribution in [0.5, 0.6) is 0 Å². The Kier molecular flexibility index (Phi) is 14.7. The standard InChI is InChI=1S/C43H35N2O.C21H28NSi.Ir/c1-27(2)34-25-33(30-15-9-6-10-16-30)26-35(28(3)4)42(34)45-39-18-12-11-17-38(39)44-43(45)32-20-22-41-37(24-32)36-23-31(19-21-40(36)46-41)29-13-7-5-8-14-29;1-23(2,3)21-16-22-20(18-12-8-5-9-13-18)15-19(21)14-17-10-6-4-7-11-17;/h5-19,21-28H,1-4H3;5,8-9,12,15-17H,4,6-7,10-11,14H2,1-3H3;/q2*-1;. The van der Waals surface area contributed by atoms with Gasteiger partial charge in [-0.15, -0.1) is 59.7 Å². The van der Waals surface area contributed by atoms with Gasteiger partial charge in [0.15, 0.2) is 0 Å². The molecule has 11 rings (SSSR count). The summed E-state index contributed by atoms with van der Waals surface area (Å²) in [7, 11) is -1.36. The molecule has 0 atom stereocenters. The first-order valence-corrected chi connectivity index (χ1v) is 28.6. The predicted octanol–water partition coefficient (Wildman–Crippen LogP) is 17.2. The zero-order valence-corrected chi connectivity index (χ0v) is 45.0. The number of imidazole rings is 1. The van der Waals surface area contributed by atoms with Crippen molar-refractivity contribution in [2.75, 3.05) is 0 Å². The Morgan fingerprint density at radius 1 is 0.629 bits per heavy atom. The number of fused-ring (bicyclic) bond motifs is 4. The molecule has 4 nitrogen and oxygen atoms in total. The van der Waals surface area contributed by atoms with E-state index in [1.807, 2.05) is 24.3 Å². The van der Waals surface area contributed by atoms with Crippen LogP contribution in [0.4, 0.5) is 0 Å². The molecule has 7 aromatic carbocycles. The molecular weight excluding hydrogens is 1050 g/mol. The van der Waals surface area contributed by atoms with Crippen molar-refractivity contribution in [2.45, 2.75) is 97.7 Å². The molecule has 70 heavy (non-hydrogen) atoms. The first kappa shape index (κ1) is 48.8. The Hall–Kier alpha value is -6.17. The van der Waals surface area contributed by atoms with Crippen LogP contribution in [0, 0.1) is 18.1 Å². The summed E-state index contributed by atoms with van der Waals surface area (Å²) >= 11 is 0. The number of hydrogen-bond acceptors (Lipinski definition) is 3. The van der Waals surface area contributed by atoms with Gasteiger partial charge >= 0.3 is 0 Å². The van der Waals surface area contributed by atoms with Crippen molar-refractivity contribution in [1.29, 1.82) is 0 Å². The van der Waals surface area contributed by atoms with Crippen molar-refractivity contribution >= 4 is 46.2 Å². The Morgan fingerprint density at radius 2 is 1.27 bits per heavy atom. The fraction of sp³-hybridized carbons (Fsp3) is 0.250. The van der Waals surface area contributed by atoms with Gasteiger partial charge in [0.2, 0.25) is 0 Å². The number of nitrogens with zero attached hydrogens (tertiary/aromatic N) is 3. The molecular formula is C64H63IrN3OSi-2. The molecule has 0 amide bonds. The molecule has 6 heteroatoms. The third-order valence-electron chi connectivity index (χ3n) is 14.1. The van der Waals surface area contributed by atoms with E-state index < -0.39 is 8.07 Å². The van der Waals surface area contributed by atoms with Crippen molar-refractivity contribution < 1.29 is 24.5 Å². The third-order valence-corrected chi connectivity index (χ3v) is 16.1. The summed E-state index contributed by atoms with van der Waals surface area (Å²) in [5.41, 5.74) is 17.1. The van der Waals surface area contributed by atoms with Gasteiger partial charge in [-0.25, -0.2) is 0 Å². The number of pyridine rings is 1. The van der Waals surface area contributed by atoms with Crippen LogP contribution in [-0.4, -0.2) is 22.6 Å². The van der Waals surface area contributed by atoms with Crippen LogP contribution < -0.4 is 5.19 Å². The van der Waals surface area contributed by atoms with Crippen molar-refractivity contribution in [2.24, 2.45) is 5.92 Å². The predicted molar refractivity (Wildman–Crippen MR) is 293 cm³/mol. The molecule has 0 bridgehead atoms. The molecule has 0 spiro atoms. The maximum Gasteiger partial charge on any atom is 0.121 e. The second-order valence-corrected chi connectivity index (χ2v) is 25.7. The van der Waals surface area contributed by atoms with Gasteiger partial charge in [-0.05, 0) is 105 Å². The molecule has 0 aliphatic heterocycles. The summed E-state index contributed by atoms with van der Waals surface area (Å²) in [6.45, 7) is 16.5. The summed E-state index contributed by atoms with van der Waals surface area (Å²) in [4.78, 5) is 10.1. The molecule has 3 aromatic heterocycles. The van der Waals surface area contributed by atoms with Crippen LogP contribution in [0.25, 0.3) is 83.6 Å². The van der Waals surface area contributed by atoms with Crippen LogP contribution >= 0.6 is 0 Å². The number of benzene rings is 7. The Labute approximate surface area is 429 Å². The monoisotopic (exact) mass is 1110 g/mol. The van der Waals surface area contributed by atoms with Gasteiger partial charge in [-0.3, -0.25) is 4.98 Å². The van der Waals surface area contributed by atoms with Gasteiger partial charge in [0.1, 0.15) is 5.58 Å². The first-order valence-electron chi connectivity index (χ1n) is 25.1. The van der Waals surface area contributed by atoms with E-state index in [1.165, 1.54) is 77.6 Å². The maximum absolute atomic E-state index is 6.31. The molecule has 3 heterocycles. The largest absolute Gasteiger partial charge is 0.500 e. The number of aromatic nitrogens is 3.